The van der Waals surface area contributed by atoms with Crippen molar-refractivity contribution in [2.24, 2.45) is 0 Å². The summed E-state index contributed by atoms with van der Waals surface area (Å²) in [6.07, 6.45) is 8.99. The van der Waals surface area contributed by atoms with Crippen molar-refractivity contribution in [1.29, 1.82) is 0 Å². The van der Waals surface area contributed by atoms with E-state index in [1.165, 1.54) is 0 Å². The van der Waals surface area contributed by atoms with Crippen molar-refractivity contribution in [2.45, 2.75) is 18.4 Å². The van der Waals surface area contributed by atoms with Crippen LogP contribution in [0.2, 0.25) is 0 Å². The van der Waals surface area contributed by atoms with E-state index in [0.717, 1.165) is 12.8 Å². The summed E-state index contributed by atoms with van der Waals surface area (Å²) in [7, 11) is 1.83. The first-order chi connectivity index (χ1) is 8.16. The largest absolute Gasteiger partial charge is 0.327 e. The molecule has 0 N–H and O–H groups in total. The molecule has 86 valence electrons. The molecule has 1 aromatic heterocycles. The maximum atomic E-state index is 12.1. The van der Waals surface area contributed by atoms with Crippen LogP contribution in [0.15, 0.2) is 12.3 Å². The van der Waals surface area contributed by atoms with Gasteiger partial charge in [-0.2, -0.15) is 0 Å². The van der Waals surface area contributed by atoms with Gasteiger partial charge in [0.1, 0.15) is 5.69 Å². The first-order valence-corrected chi connectivity index (χ1v) is 5.51. The predicted molar refractivity (Wildman–Crippen MR) is 62.4 cm³/mol. The highest BCUT2D eigenvalue weighted by Crippen LogP contribution is 2.46. The summed E-state index contributed by atoms with van der Waals surface area (Å²) >= 11 is 0. The van der Waals surface area contributed by atoms with Crippen molar-refractivity contribution in [2.75, 3.05) is 18.5 Å². The van der Waals surface area contributed by atoms with Gasteiger partial charge in [0, 0.05) is 13.2 Å². The van der Waals surface area contributed by atoms with Crippen LogP contribution in [0.3, 0.4) is 0 Å². The maximum absolute atomic E-state index is 12.1. The van der Waals surface area contributed by atoms with Gasteiger partial charge in [-0.1, -0.05) is 5.92 Å². The summed E-state index contributed by atoms with van der Waals surface area (Å²) in [5.74, 6) is 2.85. The SMILES string of the molecule is C#Cc1ccnc(N2CC3(CC3)N(C)C2=O)n1. The van der Waals surface area contributed by atoms with Crippen molar-refractivity contribution < 1.29 is 4.79 Å². The van der Waals surface area contributed by atoms with Crippen LogP contribution in [0.5, 0.6) is 0 Å². The molecule has 0 bridgehead atoms. The molecule has 1 saturated carbocycles. The summed E-state index contributed by atoms with van der Waals surface area (Å²) in [6.45, 7) is 0.663. The van der Waals surface area contributed by atoms with Crippen molar-refractivity contribution >= 4 is 12.0 Å². The minimum absolute atomic E-state index is 0.0204. The van der Waals surface area contributed by atoms with Crippen molar-refractivity contribution in [3.05, 3.63) is 18.0 Å². The van der Waals surface area contributed by atoms with E-state index in [-0.39, 0.29) is 11.6 Å². The number of nitrogens with zero attached hydrogens (tertiary/aromatic N) is 4. The third-order valence-corrected chi connectivity index (χ3v) is 3.54. The lowest BCUT2D eigenvalue weighted by Crippen LogP contribution is -2.32. The van der Waals surface area contributed by atoms with E-state index in [9.17, 15) is 4.79 Å². The number of likely N-dealkylation sites (N-methyl/N-ethyl adjacent to an activating group) is 1. The number of amides is 2. The first-order valence-electron chi connectivity index (χ1n) is 5.51. The second-order valence-electron chi connectivity index (χ2n) is 4.54. The Hall–Kier alpha value is -2.09. The van der Waals surface area contributed by atoms with E-state index < -0.39 is 0 Å². The van der Waals surface area contributed by atoms with Gasteiger partial charge in [-0.3, -0.25) is 4.90 Å². The number of carbonyl (C=O) groups is 1. The van der Waals surface area contributed by atoms with E-state index in [1.54, 1.807) is 22.1 Å². The van der Waals surface area contributed by atoms with E-state index in [2.05, 4.69) is 15.9 Å². The van der Waals surface area contributed by atoms with Crippen LogP contribution in [0, 0.1) is 12.3 Å². The lowest BCUT2D eigenvalue weighted by atomic mass is 10.3. The second kappa shape index (κ2) is 3.20. The molecule has 0 unspecified atom stereocenters. The molecule has 2 heterocycles. The van der Waals surface area contributed by atoms with Crippen molar-refractivity contribution in [3.63, 3.8) is 0 Å². The Balaban J connectivity index is 1.95. The normalized spacial score (nSPS) is 20.8. The fourth-order valence-electron chi connectivity index (χ4n) is 2.20. The third kappa shape index (κ3) is 1.37. The number of terminal acetylenes is 1. The highest BCUT2D eigenvalue weighted by Gasteiger charge is 2.56. The average molecular weight is 228 g/mol. The lowest BCUT2D eigenvalue weighted by molar-refractivity contribution is 0.215. The molecule has 17 heavy (non-hydrogen) atoms. The molecular weight excluding hydrogens is 216 g/mol. The minimum Gasteiger partial charge on any atom is -0.320 e. The number of anilines is 1. The summed E-state index contributed by atoms with van der Waals surface area (Å²) in [4.78, 5) is 23.8. The molecule has 3 rings (SSSR count). The predicted octanol–water partition coefficient (Wildman–Crippen LogP) is 0.862. The van der Waals surface area contributed by atoms with E-state index in [0.29, 0.717) is 18.2 Å². The zero-order valence-corrected chi connectivity index (χ0v) is 9.55. The van der Waals surface area contributed by atoms with E-state index >= 15 is 0 Å². The zero-order valence-electron chi connectivity index (χ0n) is 9.55. The average Bonchev–Trinajstić information content (AvgIpc) is 3.10. The van der Waals surface area contributed by atoms with Crippen LogP contribution in [0.25, 0.3) is 0 Å². The van der Waals surface area contributed by atoms with Gasteiger partial charge < -0.3 is 4.90 Å². The van der Waals surface area contributed by atoms with Gasteiger partial charge in [0.15, 0.2) is 0 Å². The number of rotatable bonds is 1. The van der Waals surface area contributed by atoms with Crippen LogP contribution in [-0.2, 0) is 0 Å². The molecule has 1 saturated heterocycles. The molecule has 2 amide bonds. The van der Waals surface area contributed by atoms with E-state index in [4.69, 9.17) is 6.42 Å². The number of carbonyl (C=O) groups excluding carboxylic acids is 1. The van der Waals surface area contributed by atoms with Crippen LogP contribution in [0.1, 0.15) is 18.5 Å². The number of hydrogen-bond acceptors (Lipinski definition) is 3. The summed E-state index contributed by atoms with van der Waals surface area (Å²) in [6, 6.07) is 1.61. The Labute approximate surface area is 99.5 Å². The highest BCUT2D eigenvalue weighted by atomic mass is 16.2. The Morgan fingerprint density at radius 1 is 1.53 bits per heavy atom. The number of urea groups is 1. The van der Waals surface area contributed by atoms with Crippen molar-refractivity contribution in [3.8, 4) is 12.3 Å². The van der Waals surface area contributed by atoms with Crippen molar-refractivity contribution in [1.82, 2.24) is 14.9 Å². The molecule has 0 atom stereocenters. The van der Waals surface area contributed by atoms with Gasteiger partial charge >= 0.3 is 6.03 Å². The van der Waals surface area contributed by atoms with Gasteiger partial charge in [-0.15, -0.1) is 6.42 Å². The fourth-order valence-corrected chi connectivity index (χ4v) is 2.20. The summed E-state index contributed by atoms with van der Waals surface area (Å²) in [5.41, 5.74) is 0.522. The van der Waals surface area contributed by atoms with Crippen LogP contribution in [0.4, 0.5) is 10.7 Å². The van der Waals surface area contributed by atoms with Gasteiger partial charge in [0.2, 0.25) is 5.95 Å². The Morgan fingerprint density at radius 3 is 2.88 bits per heavy atom. The molecule has 2 fully saturated rings. The summed E-state index contributed by atoms with van der Waals surface area (Å²) < 4.78 is 0. The topological polar surface area (TPSA) is 49.3 Å². The molecule has 2 aliphatic rings. The molecule has 1 spiro atoms. The lowest BCUT2D eigenvalue weighted by Gasteiger charge is -2.15. The van der Waals surface area contributed by atoms with Gasteiger partial charge in [0.25, 0.3) is 0 Å². The minimum atomic E-state index is -0.0447. The van der Waals surface area contributed by atoms with Gasteiger partial charge in [-0.25, -0.2) is 14.8 Å². The van der Waals surface area contributed by atoms with Crippen LogP contribution < -0.4 is 4.90 Å². The Morgan fingerprint density at radius 2 is 2.29 bits per heavy atom. The second-order valence-corrected chi connectivity index (χ2v) is 4.54. The van der Waals surface area contributed by atoms with Gasteiger partial charge in [0.05, 0.1) is 12.1 Å². The molecule has 0 radical (unpaired) electrons. The Bertz CT molecular complexity index is 530. The number of aromatic nitrogens is 2. The monoisotopic (exact) mass is 228 g/mol. The molecule has 1 aromatic rings. The quantitative estimate of drug-likeness (QED) is 0.670. The molecule has 5 heteroatoms. The molecular formula is C12H12N4O. The maximum Gasteiger partial charge on any atom is 0.327 e. The van der Waals surface area contributed by atoms with Gasteiger partial charge in [-0.05, 0) is 18.9 Å². The smallest absolute Gasteiger partial charge is 0.320 e. The standard InChI is InChI=1S/C12H12N4O/c1-3-9-4-7-13-10(14-9)16-8-12(5-6-12)15(2)11(16)17/h1,4,7H,5-6,8H2,2H3. The molecule has 1 aliphatic carbocycles. The zero-order chi connectivity index (χ0) is 12.0. The fraction of sp³-hybridized carbons (Fsp3) is 0.417. The third-order valence-electron chi connectivity index (χ3n) is 3.54. The van der Waals surface area contributed by atoms with Crippen LogP contribution in [-0.4, -0.2) is 40.0 Å². The first kappa shape index (κ1) is 10.1. The number of hydrogen-bond donors (Lipinski definition) is 0. The van der Waals surface area contributed by atoms with Crippen LogP contribution >= 0.6 is 0 Å². The highest BCUT2D eigenvalue weighted by molar-refractivity contribution is 5.94. The molecule has 5 nitrogen and oxygen atoms in total. The summed E-state index contributed by atoms with van der Waals surface area (Å²) in [5, 5.41) is 0. The Kier molecular flexibility index (Phi) is 1.90. The molecule has 0 aromatic carbocycles. The van der Waals surface area contributed by atoms with E-state index in [1.807, 2.05) is 7.05 Å². The molecule has 1 aliphatic heterocycles.